The van der Waals surface area contributed by atoms with Gasteiger partial charge in [-0.2, -0.15) is 0 Å². The molecule has 0 N–H and O–H groups in total. The van der Waals surface area contributed by atoms with E-state index in [0.717, 1.165) is 4.47 Å². The summed E-state index contributed by atoms with van der Waals surface area (Å²) in [6.07, 6.45) is 2.79. The molecular weight excluding hydrogens is 463 g/mol. The number of piperidine rings is 1. The van der Waals surface area contributed by atoms with Gasteiger partial charge < -0.3 is 14.5 Å². The summed E-state index contributed by atoms with van der Waals surface area (Å²) in [5.74, 6) is -0.0141. The van der Waals surface area contributed by atoms with Crippen LogP contribution in [0.1, 0.15) is 18.4 Å². The van der Waals surface area contributed by atoms with E-state index in [1.54, 1.807) is 40.1 Å². The average Bonchev–Trinajstić information content (AvgIpc) is 2.80. The first-order valence-corrected chi connectivity index (χ1v) is 11.1. The molecule has 0 atom stereocenters. The minimum Gasteiger partial charge on any atom is -0.484 e. The summed E-state index contributed by atoms with van der Waals surface area (Å²) in [6.45, 7) is 5.23. The molecule has 7 heteroatoms. The number of carbonyl (C=O) groups excluding carboxylic acids is 2. The van der Waals surface area contributed by atoms with E-state index >= 15 is 0 Å². The molecule has 0 aliphatic carbocycles. The zero-order chi connectivity index (χ0) is 22.2. The number of hydrogen-bond donors (Lipinski definition) is 0. The van der Waals surface area contributed by atoms with E-state index in [-0.39, 0.29) is 36.7 Å². The second-order valence-corrected chi connectivity index (χ2v) is 8.42. The van der Waals surface area contributed by atoms with Crippen molar-refractivity contribution in [3.05, 3.63) is 77.0 Å². The summed E-state index contributed by atoms with van der Waals surface area (Å²) in [4.78, 5) is 28.9. The first-order valence-electron chi connectivity index (χ1n) is 10.3. The molecule has 1 aliphatic heterocycles. The van der Waals surface area contributed by atoms with Crippen molar-refractivity contribution in [3.63, 3.8) is 0 Å². The third-order valence-electron chi connectivity index (χ3n) is 5.33. The second-order valence-electron chi connectivity index (χ2n) is 7.50. The van der Waals surface area contributed by atoms with E-state index < -0.39 is 0 Å². The van der Waals surface area contributed by atoms with Gasteiger partial charge in [0.2, 0.25) is 5.91 Å². The van der Waals surface area contributed by atoms with Crippen molar-refractivity contribution in [2.24, 2.45) is 5.92 Å². The van der Waals surface area contributed by atoms with Crippen LogP contribution in [0.2, 0.25) is 0 Å². The number of nitrogens with zero attached hydrogens (tertiary/aromatic N) is 2. The van der Waals surface area contributed by atoms with Crippen molar-refractivity contribution in [2.75, 3.05) is 26.2 Å². The number of amides is 2. The Balaban J connectivity index is 1.54. The van der Waals surface area contributed by atoms with E-state index in [2.05, 4.69) is 22.5 Å². The number of benzene rings is 2. The average molecular weight is 489 g/mol. The highest BCUT2D eigenvalue weighted by Crippen LogP contribution is 2.23. The lowest BCUT2D eigenvalue weighted by Crippen LogP contribution is -2.45. The molecule has 31 heavy (non-hydrogen) atoms. The molecule has 0 radical (unpaired) electrons. The van der Waals surface area contributed by atoms with E-state index in [9.17, 15) is 14.0 Å². The SMILES string of the molecule is C=CCN(Cc1cc(Br)ccc1F)C(=O)C1CCN(C(=O)COc2ccccc2)CC1. The van der Waals surface area contributed by atoms with Crippen LogP contribution in [0.4, 0.5) is 4.39 Å². The normalized spacial score (nSPS) is 14.2. The van der Waals surface area contributed by atoms with E-state index in [0.29, 0.717) is 43.8 Å². The zero-order valence-corrected chi connectivity index (χ0v) is 18.9. The van der Waals surface area contributed by atoms with E-state index in [1.165, 1.54) is 6.07 Å². The predicted octanol–water partition coefficient (Wildman–Crippen LogP) is 4.42. The Kier molecular flexibility index (Phi) is 8.23. The molecule has 3 rings (SSSR count). The Labute approximate surface area is 190 Å². The quantitative estimate of drug-likeness (QED) is 0.516. The highest BCUT2D eigenvalue weighted by atomic mass is 79.9. The van der Waals surface area contributed by atoms with E-state index in [1.807, 2.05) is 18.2 Å². The van der Waals surface area contributed by atoms with Gasteiger partial charge in [0.1, 0.15) is 11.6 Å². The number of carbonyl (C=O) groups is 2. The van der Waals surface area contributed by atoms with Crippen LogP contribution in [0, 0.1) is 11.7 Å². The minimum atomic E-state index is -0.344. The van der Waals surface area contributed by atoms with Gasteiger partial charge in [0.05, 0.1) is 0 Å². The molecule has 1 aliphatic rings. The zero-order valence-electron chi connectivity index (χ0n) is 17.3. The highest BCUT2D eigenvalue weighted by Gasteiger charge is 2.30. The van der Waals surface area contributed by atoms with Gasteiger partial charge in [-0.3, -0.25) is 9.59 Å². The number of halogens is 2. The fourth-order valence-electron chi connectivity index (χ4n) is 3.65. The standard InChI is InChI=1S/C24H26BrFN2O3/c1-2-12-28(16-19-15-20(25)8-9-22(19)26)24(30)18-10-13-27(14-11-18)23(29)17-31-21-6-4-3-5-7-21/h2-9,15,18H,1,10-14,16-17H2. The maximum atomic E-state index is 14.2. The van der Waals surface area contributed by atoms with Crippen molar-refractivity contribution >= 4 is 27.7 Å². The van der Waals surface area contributed by atoms with Gasteiger partial charge in [-0.05, 0) is 43.2 Å². The largest absolute Gasteiger partial charge is 0.484 e. The van der Waals surface area contributed by atoms with Crippen LogP contribution in [-0.4, -0.2) is 47.9 Å². The van der Waals surface area contributed by atoms with Crippen LogP contribution in [0.25, 0.3) is 0 Å². The Morgan fingerprint density at radius 3 is 2.58 bits per heavy atom. The fourth-order valence-corrected chi connectivity index (χ4v) is 4.05. The molecule has 0 saturated carbocycles. The van der Waals surface area contributed by atoms with Crippen molar-refractivity contribution in [1.29, 1.82) is 0 Å². The van der Waals surface area contributed by atoms with Gasteiger partial charge in [-0.25, -0.2) is 4.39 Å². The number of para-hydroxylation sites is 1. The Hall–Kier alpha value is -2.67. The molecule has 2 aromatic rings. The molecular formula is C24H26BrFN2O3. The lowest BCUT2D eigenvalue weighted by Gasteiger charge is -2.34. The van der Waals surface area contributed by atoms with Gasteiger partial charge in [-0.1, -0.05) is 40.2 Å². The fraction of sp³-hybridized carbons (Fsp3) is 0.333. The first kappa shape index (κ1) is 23.0. The Bertz CT molecular complexity index is 914. The molecule has 164 valence electrons. The minimum absolute atomic E-state index is 0.0205. The van der Waals surface area contributed by atoms with Gasteiger partial charge >= 0.3 is 0 Å². The third-order valence-corrected chi connectivity index (χ3v) is 5.83. The second kappa shape index (κ2) is 11.1. The summed E-state index contributed by atoms with van der Waals surface area (Å²) < 4.78 is 20.5. The van der Waals surface area contributed by atoms with Crippen LogP contribution < -0.4 is 4.74 Å². The van der Waals surface area contributed by atoms with Crippen LogP contribution >= 0.6 is 15.9 Å². The molecule has 0 unspecified atom stereocenters. The maximum Gasteiger partial charge on any atom is 0.260 e. The molecule has 0 spiro atoms. The third kappa shape index (κ3) is 6.40. The van der Waals surface area contributed by atoms with Gasteiger partial charge in [0.15, 0.2) is 6.61 Å². The number of ether oxygens (including phenoxy) is 1. The first-order chi connectivity index (χ1) is 15.0. The Morgan fingerprint density at radius 2 is 1.90 bits per heavy atom. The summed E-state index contributed by atoms with van der Waals surface area (Å²) >= 11 is 3.35. The van der Waals surface area contributed by atoms with Crippen molar-refractivity contribution < 1.29 is 18.7 Å². The van der Waals surface area contributed by atoms with Gasteiger partial charge in [-0.15, -0.1) is 6.58 Å². The van der Waals surface area contributed by atoms with Crippen molar-refractivity contribution in [3.8, 4) is 5.75 Å². The summed E-state index contributed by atoms with van der Waals surface area (Å²) in [5.41, 5.74) is 0.454. The topological polar surface area (TPSA) is 49.9 Å². The molecule has 2 aromatic carbocycles. The molecule has 1 heterocycles. The van der Waals surface area contributed by atoms with Crippen molar-refractivity contribution in [2.45, 2.75) is 19.4 Å². The number of rotatable bonds is 8. The Morgan fingerprint density at radius 1 is 1.19 bits per heavy atom. The smallest absolute Gasteiger partial charge is 0.260 e. The van der Waals surface area contributed by atoms with E-state index in [4.69, 9.17) is 4.74 Å². The lowest BCUT2D eigenvalue weighted by atomic mass is 9.95. The van der Waals surface area contributed by atoms with Gasteiger partial charge in [0, 0.05) is 42.1 Å². The molecule has 5 nitrogen and oxygen atoms in total. The lowest BCUT2D eigenvalue weighted by molar-refractivity contribution is -0.141. The molecule has 0 bridgehead atoms. The van der Waals surface area contributed by atoms with Crippen molar-refractivity contribution in [1.82, 2.24) is 9.80 Å². The predicted molar refractivity (Wildman–Crippen MR) is 121 cm³/mol. The highest BCUT2D eigenvalue weighted by molar-refractivity contribution is 9.10. The molecule has 2 amide bonds. The maximum absolute atomic E-state index is 14.2. The molecule has 0 aromatic heterocycles. The van der Waals surface area contributed by atoms with Crippen LogP contribution in [0.15, 0.2) is 65.7 Å². The summed E-state index contributed by atoms with van der Waals surface area (Å²) in [7, 11) is 0. The van der Waals surface area contributed by atoms with Crippen LogP contribution in [0.5, 0.6) is 5.75 Å². The number of hydrogen-bond acceptors (Lipinski definition) is 3. The van der Waals surface area contributed by atoms with Crippen LogP contribution in [0.3, 0.4) is 0 Å². The molecule has 1 fully saturated rings. The van der Waals surface area contributed by atoms with Crippen LogP contribution in [-0.2, 0) is 16.1 Å². The molecule has 1 saturated heterocycles. The number of likely N-dealkylation sites (tertiary alicyclic amines) is 1. The van der Waals surface area contributed by atoms with Gasteiger partial charge in [0.25, 0.3) is 5.91 Å². The summed E-state index contributed by atoms with van der Waals surface area (Å²) in [6, 6.07) is 13.9. The monoisotopic (exact) mass is 488 g/mol. The summed E-state index contributed by atoms with van der Waals surface area (Å²) in [5, 5.41) is 0.